The molecular weight excluding hydrogens is 346 g/mol. The first-order valence-corrected chi connectivity index (χ1v) is 12.1. The zero-order chi connectivity index (χ0) is 21.1. The van der Waals surface area contributed by atoms with Gasteiger partial charge in [0.25, 0.3) is 0 Å². The van der Waals surface area contributed by atoms with Crippen LogP contribution in [0.4, 0.5) is 0 Å². The predicted octanol–water partition coefficient (Wildman–Crippen LogP) is 7.40. The van der Waals surface area contributed by atoms with E-state index < -0.39 is 0 Å². The number of carbonyl (C=O) groups excluding carboxylic acids is 1. The van der Waals surface area contributed by atoms with Gasteiger partial charge in [-0.05, 0) is 12.8 Å². The van der Waals surface area contributed by atoms with Gasteiger partial charge in [0, 0.05) is 13.0 Å². The van der Waals surface area contributed by atoms with Gasteiger partial charge in [0.15, 0.2) is 0 Å². The molecule has 3 heteroatoms. The monoisotopic (exact) mass is 396 g/mol. The van der Waals surface area contributed by atoms with E-state index in [0.29, 0.717) is 0 Å². The van der Waals surface area contributed by atoms with Gasteiger partial charge in [-0.3, -0.25) is 4.48 Å². The summed E-state index contributed by atoms with van der Waals surface area (Å²) >= 11 is 0. The fourth-order valence-electron chi connectivity index (χ4n) is 3.61. The highest BCUT2D eigenvalue weighted by Crippen LogP contribution is 2.15. The number of nitrogens with zero attached hydrogens (tertiary/aromatic N) is 1. The van der Waals surface area contributed by atoms with E-state index in [0.717, 1.165) is 11.0 Å². The van der Waals surface area contributed by atoms with Gasteiger partial charge in [-0.2, -0.15) is 0 Å². The lowest BCUT2D eigenvalue weighted by atomic mass is 10.0. The lowest BCUT2D eigenvalue weighted by Gasteiger charge is -2.34. The van der Waals surface area contributed by atoms with Gasteiger partial charge in [-0.15, -0.1) is 0 Å². The molecule has 0 saturated heterocycles. The van der Waals surface area contributed by atoms with E-state index in [1.54, 1.807) is 0 Å². The zero-order valence-corrected chi connectivity index (χ0v) is 19.6. The first-order chi connectivity index (χ1) is 13.4. The SMILES string of the molecule is C=CC(=O)OC(C)[N+](C)(C)CCCCCCCCCCCCCCCCCC. The van der Waals surface area contributed by atoms with E-state index >= 15 is 0 Å². The molecule has 0 heterocycles. The first kappa shape index (κ1) is 27.2. The van der Waals surface area contributed by atoms with Gasteiger partial charge in [-0.1, -0.05) is 103 Å². The van der Waals surface area contributed by atoms with E-state index in [4.69, 9.17) is 4.74 Å². The predicted molar refractivity (Wildman–Crippen MR) is 122 cm³/mol. The Hall–Kier alpha value is -0.830. The van der Waals surface area contributed by atoms with Crippen LogP contribution in [0.5, 0.6) is 0 Å². The Kier molecular flexibility index (Phi) is 17.7. The maximum Gasteiger partial charge on any atom is 0.334 e. The number of ether oxygens (including phenoxy) is 1. The molecule has 1 atom stereocenters. The molecule has 28 heavy (non-hydrogen) atoms. The Balaban J connectivity index is 3.39. The molecule has 0 aliphatic heterocycles. The summed E-state index contributed by atoms with van der Waals surface area (Å²) in [5, 5.41) is 0. The Morgan fingerprint density at radius 3 is 1.50 bits per heavy atom. The number of esters is 1. The Morgan fingerprint density at radius 2 is 1.14 bits per heavy atom. The smallest absolute Gasteiger partial charge is 0.334 e. The highest BCUT2D eigenvalue weighted by atomic mass is 16.6. The van der Waals surface area contributed by atoms with E-state index in [2.05, 4.69) is 27.6 Å². The molecule has 0 aliphatic carbocycles. The van der Waals surface area contributed by atoms with E-state index in [1.165, 1.54) is 109 Å². The van der Waals surface area contributed by atoms with Crippen molar-refractivity contribution >= 4 is 5.97 Å². The largest absolute Gasteiger partial charge is 0.410 e. The molecule has 0 amide bonds. The second-order valence-corrected chi connectivity index (χ2v) is 9.05. The summed E-state index contributed by atoms with van der Waals surface area (Å²) in [6, 6.07) is 0. The molecule has 0 aliphatic rings. The minimum Gasteiger partial charge on any atom is -0.410 e. The first-order valence-electron chi connectivity index (χ1n) is 12.1. The minimum absolute atomic E-state index is 0.123. The van der Waals surface area contributed by atoms with Crippen molar-refractivity contribution in [1.29, 1.82) is 0 Å². The summed E-state index contributed by atoms with van der Waals surface area (Å²) in [6.45, 7) is 8.76. The Bertz CT molecular complexity index is 379. The molecule has 0 fully saturated rings. The van der Waals surface area contributed by atoms with Gasteiger partial charge in [0.1, 0.15) is 0 Å². The van der Waals surface area contributed by atoms with Crippen LogP contribution in [0.3, 0.4) is 0 Å². The fraction of sp³-hybridized carbons (Fsp3) is 0.880. The Morgan fingerprint density at radius 1 is 0.786 bits per heavy atom. The van der Waals surface area contributed by atoms with Gasteiger partial charge < -0.3 is 4.74 Å². The van der Waals surface area contributed by atoms with E-state index in [-0.39, 0.29) is 12.2 Å². The maximum atomic E-state index is 11.3. The van der Waals surface area contributed by atoms with Crippen molar-refractivity contribution in [2.45, 2.75) is 123 Å². The van der Waals surface area contributed by atoms with E-state index in [9.17, 15) is 4.79 Å². The van der Waals surface area contributed by atoms with Crippen LogP contribution < -0.4 is 0 Å². The molecule has 0 rings (SSSR count). The van der Waals surface area contributed by atoms with Crippen LogP contribution in [-0.4, -0.2) is 37.3 Å². The number of unbranched alkanes of at least 4 members (excludes halogenated alkanes) is 15. The molecule has 0 saturated carbocycles. The molecule has 0 aromatic heterocycles. The van der Waals surface area contributed by atoms with Crippen LogP contribution in [0, 0.1) is 0 Å². The minimum atomic E-state index is -0.328. The van der Waals surface area contributed by atoms with E-state index in [1.807, 2.05) is 6.92 Å². The quantitative estimate of drug-likeness (QED) is 0.0704. The number of rotatable bonds is 20. The topological polar surface area (TPSA) is 26.3 Å². The van der Waals surface area contributed by atoms with Crippen LogP contribution in [0.25, 0.3) is 0 Å². The van der Waals surface area contributed by atoms with Gasteiger partial charge in [0.05, 0.1) is 20.6 Å². The highest BCUT2D eigenvalue weighted by molar-refractivity contribution is 5.81. The number of quaternary nitrogens is 1. The third-order valence-electron chi connectivity index (χ3n) is 6.03. The lowest BCUT2D eigenvalue weighted by molar-refractivity contribution is -0.932. The summed E-state index contributed by atoms with van der Waals surface area (Å²) < 4.78 is 6.08. The van der Waals surface area contributed by atoms with Crippen LogP contribution in [0.2, 0.25) is 0 Å². The number of carbonyl (C=O) groups is 1. The van der Waals surface area contributed by atoms with Crippen molar-refractivity contribution in [3.05, 3.63) is 12.7 Å². The van der Waals surface area contributed by atoms with Crippen molar-refractivity contribution in [1.82, 2.24) is 0 Å². The second-order valence-electron chi connectivity index (χ2n) is 9.05. The Labute approximate surface area is 176 Å². The normalized spacial score (nSPS) is 12.7. The fourth-order valence-corrected chi connectivity index (χ4v) is 3.61. The molecule has 0 bridgehead atoms. The number of hydrogen-bond acceptors (Lipinski definition) is 2. The lowest BCUT2D eigenvalue weighted by Crippen LogP contribution is -2.49. The third kappa shape index (κ3) is 16.2. The summed E-state index contributed by atoms with van der Waals surface area (Å²) in [4.78, 5) is 11.3. The van der Waals surface area contributed by atoms with Crippen molar-refractivity contribution in [3.8, 4) is 0 Å². The van der Waals surface area contributed by atoms with Crippen LogP contribution in [0.1, 0.15) is 117 Å². The van der Waals surface area contributed by atoms with Crippen molar-refractivity contribution in [2.24, 2.45) is 0 Å². The van der Waals surface area contributed by atoms with Crippen molar-refractivity contribution in [3.63, 3.8) is 0 Å². The molecule has 0 N–H and O–H groups in total. The highest BCUT2D eigenvalue weighted by Gasteiger charge is 2.25. The van der Waals surface area contributed by atoms with Gasteiger partial charge in [0.2, 0.25) is 6.23 Å². The van der Waals surface area contributed by atoms with Crippen molar-refractivity contribution in [2.75, 3.05) is 20.6 Å². The third-order valence-corrected chi connectivity index (χ3v) is 6.03. The van der Waals surface area contributed by atoms with Gasteiger partial charge in [-0.25, -0.2) is 4.79 Å². The zero-order valence-electron chi connectivity index (χ0n) is 19.6. The second kappa shape index (κ2) is 18.2. The molecule has 3 nitrogen and oxygen atoms in total. The van der Waals surface area contributed by atoms with Crippen molar-refractivity contribution < 1.29 is 14.0 Å². The molecule has 166 valence electrons. The summed E-state index contributed by atoms with van der Waals surface area (Å²) in [5.74, 6) is -0.328. The molecule has 0 aromatic rings. The molecule has 1 unspecified atom stereocenters. The summed E-state index contributed by atoms with van der Waals surface area (Å²) in [7, 11) is 4.26. The standard InChI is InChI=1S/C25H50NO2/c1-6-8-9-10-11-12-13-14-15-16-17-18-19-20-21-22-23-26(4,5)24(3)28-25(27)7-2/h7,24H,2,6,8-23H2,1,3-5H3/q+1. The summed E-state index contributed by atoms with van der Waals surface area (Å²) in [5.41, 5.74) is 0. The van der Waals surface area contributed by atoms with Crippen LogP contribution >= 0.6 is 0 Å². The average molecular weight is 397 g/mol. The summed E-state index contributed by atoms with van der Waals surface area (Å²) in [6.07, 6.45) is 23.4. The molecule has 0 aromatic carbocycles. The molecule has 0 radical (unpaired) electrons. The molecule has 0 spiro atoms. The number of hydrogen-bond donors (Lipinski definition) is 0. The maximum absolute atomic E-state index is 11.3. The average Bonchev–Trinajstić information content (AvgIpc) is 2.67. The van der Waals surface area contributed by atoms with Crippen LogP contribution in [0.15, 0.2) is 12.7 Å². The van der Waals surface area contributed by atoms with Gasteiger partial charge >= 0.3 is 5.97 Å². The molecular formula is C25H50NO2+. The van der Waals surface area contributed by atoms with Crippen LogP contribution in [-0.2, 0) is 9.53 Å².